The summed E-state index contributed by atoms with van der Waals surface area (Å²) in [5, 5.41) is 3.47. The lowest BCUT2D eigenvalue weighted by atomic mass is 9.72. The van der Waals surface area contributed by atoms with E-state index in [9.17, 15) is 0 Å². The lowest BCUT2D eigenvalue weighted by Crippen LogP contribution is -2.56. The number of hydrogen-bond donors (Lipinski definition) is 1. The highest BCUT2D eigenvalue weighted by Gasteiger charge is 2.36. The van der Waals surface area contributed by atoms with E-state index in [1.165, 1.54) is 29.5 Å². The Hall–Kier alpha value is -1.60. The van der Waals surface area contributed by atoms with E-state index >= 15 is 0 Å². The van der Waals surface area contributed by atoms with Crippen molar-refractivity contribution in [2.24, 2.45) is 5.41 Å². The summed E-state index contributed by atoms with van der Waals surface area (Å²) < 4.78 is 0. The fraction of sp³-hybridized carbons (Fsp3) is 0.400. The first-order valence-electron chi connectivity index (χ1n) is 8.00. The van der Waals surface area contributed by atoms with E-state index in [2.05, 4.69) is 73.8 Å². The van der Waals surface area contributed by atoms with Crippen molar-refractivity contribution in [3.63, 3.8) is 0 Å². The van der Waals surface area contributed by atoms with Gasteiger partial charge in [-0.15, -0.1) is 0 Å². The zero-order valence-corrected chi connectivity index (χ0v) is 13.1. The average molecular weight is 279 g/mol. The highest BCUT2D eigenvalue weighted by Crippen LogP contribution is 2.32. The van der Waals surface area contributed by atoms with E-state index < -0.39 is 0 Å². The Morgan fingerprint density at radius 2 is 1.43 bits per heavy atom. The summed E-state index contributed by atoms with van der Waals surface area (Å²) in [6.45, 7) is 6.77. The number of rotatable bonds is 5. The molecule has 2 aromatic carbocycles. The summed E-state index contributed by atoms with van der Waals surface area (Å²) >= 11 is 0. The van der Waals surface area contributed by atoms with E-state index in [-0.39, 0.29) is 0 Å². The lowest BCUT2D eigenvalue weighted by Gasteiger charge is -2.43. The van der Waals surface area contributed by atoms with Gasteiger partial charge in [0.05, 0.1) is 0 Å². The molecular formula is C20H25N. The van der Waals surface area contributed by atoms with Crippen molar-refractivity contribution in [2.45, 2.75) is 32.6 Å². The summed E-state index contributed by atoms with van der Waals surface area (Å²) in [4.78, 5) is 0. The van der Waals surface area contributed by atoms with E-state index in [0.717, 1.165) is 13.1 Å². The molecule has 0 amide bonds. The van der Waals surface area contributed by atoms with E-state index in [1.54, 1.807) is 0 Å². The average Bonchev–Trinajstić information content (AvgIpc) is 2.46. The molecule has 3 rings (SSSR count). The molecule has 0 aliphatic carbocycles. The van der Waals surface area contributed by atoms with Crippen LogP contribution in [0.2, 0.25) is 0 Å². The maximum Gasteiger partial charge on any atom is 0.00331 e. The van der Waals surface area contributed by atoms with Crippen molar-refractivity contribution in [3.8, 4) is 0 Å². The second kappa shape index (κ2) is 6.03. The van der Waals surface area contributed by atoms with Gasteiger partial charge in [-0.2, -0.15) is 0 Å². The van der Waals surface area contributed by atoms with Gasteiger partial charge in [0, 0.05) is 18.5 Å². The SMILES string of the molecule is CC(C)c1ccc(CC2(Cc3ccccc3)CNC2)cc1. The molecular weight excluding hydrogens is 254 g/mol. The Labute approximate surface area is 128 Å². The quantitative estimate of drug-likeness (QED) is 0.865. The topological polar surface area (TPSA) is 12.0 Å². The van der Waals surface area contributed by atoms with Gasteiger partial charge in [0.2, 0.25) is 0 Å². The fourth-order valence-electron chi connectivity index (χ4n) is 3.27. The van der Waals surface area contributed by atoms with E-state index in [0.29, 0.717) is 11.3 Å². The van der Waals surface area contributed by atoms with Gasteiger partial charge in [-0.25, -0.2) is 0 Å². The monoisotopic (exact) mass is 279 g/mol. The Kier molecular flexibility index (Phi) is 4.12. The molecule has 1 aliphatic heterocycles. The Bertz CT molecular complexity index is 565. The third-order valence-corrected chi connectivity index (χ3v) is 4.65. The molecule has 1 N–H and O–H groups in total. The molecule has 110 valence electrons. The summed E-state index contributed by atoms with van der Waals surface area (Å²) in [5.74, 6) is 0.614. The van der Waals surface area contributed by atoms with E-state index in [1.807, 2.05) is 0 Å². The normalized spacial score (nSPS) is 16.7. The molecule has 0 atom stereocenters. The molecule has 1 nitrogen and oxygen atoms in total. The number of nitrogens with one attached hydrogen (secondary N) is 1. The summed E-state index contributed by atoms with van der Waals surface area (Å²) in [6, 6.07) is 20.1. The van der Waals surface area contributed by atoms with Gasteiger partial charge < -0.3 is 5.32 Å². The molecule has 0 spiro atoms. The van der Waals surface area contributed by atoms with Crippen LogP contribution in [0, 0.1) is 5.41 Å². The molecule has 1 fully saturated rings. The third-order valence-electron chi connectivity index (χ3n) is 4.65. The van der Waals surface area contributed by atoms with Crippen LogP contribution >= 0.6 is 0 Å². The fourth-order valence-corrected chi connectivity index (χ4v) is 3.27. The van der Waals surface area contributed by atoms with Crippen LogP contribution in [0.3, 0.4) is 0 Å². The minimum Gasteiger partial charge on any atom is -0.315 e. The van der Waals surface area contributed by atoms with Crippen LogP contribution in [0.15, 0.2) is 54.6 Å². The molecule has 0 aromatic heterocycles. The predicted molar refractivity (Wildman–Crippen MR) is 89.7 cm³/mol. The second-order valence-electron chi connectivity index (χ2n) is 6.84. The summed E-state index contributed by atoms with van der Waals surface area (Å²) in [5.41, 5.74) is 4.76. The van der Waals surface area contributed by atoms with Gasteiger partial charge >= 0.3 is 0 Å². The van der Waals surface area contributed by atoms with Gasteiger partial charge in [0.25, 0.3) is 0 Å². The van der Waals surface area contributed by atoms with Gasteiger partial charge in [-0.1, -0.05) is 68.4 Å². The molecule has 0 saturated carbocycles. The zero-order valence-electron chi connectivity index (χ0n) is 13.1. The number of benzene rings is 2. The van der Waals surface area contributed by atoms with Crippen molar-refractivity contribution in [3.05, 3.63) is 71.3 Å². The van der Waals surface area contributed by atoms with Crippen LogP contribution in [0.25, 0.3) is 0 Å². The number of hydrogen-bond acceptors (Lipinski definition) is 1. The largest absolute Gasteiger partial charge is 0.315 e. The molecule has 1 heterocycles. The zero-order chi connectivity index (χ0) is 14.7. The molecule has 21 heavy (non-hydrogen) atoms. The van der Waals surface area contributed by atoms with Crippen molar-refractivity contribution in [1.82, 2.24) is 5.32 Å². The van der Waals surface area contributed by atoms with Crippen LogP contribution in [-0.2, 0) is 12.8 Å². The molecule has 0 radical (unpaired) electrons. The van der Waals surface area contributed by atoms with Crippen molar-refractivity contribution in [1.29, 1.82) is 0 Å². The van der Waals surface area contributed by atoms with Crippen LogP contribution in [0.1, 0.15) is 36.5 Å². The molecule has 1 saturated heterocycles. The van der Waals surface area contributed by atoms with Crippen molar-refractivity contribution in [2.75, 3.05) is 13.1 Å². The summed E-state index contributed by atoms with van der Waals surface area (Å²) in [7, 11) is 0. The van der Waals surface area contributed by atoms with Gasteiger partial charge in [-0.3, -0.25) is 0 Å². The first kappa shape index (κ1) is 14.3. The van der Waals surface area contributed by atoms with Crippen LogP contribution in [0.5, 0.6) is 0 Å². The maximum atomic E-state index is 3.47. The van der Waals surface area contributed by atoms with Crippen LogP contribution in [-0.4, -0.2) is 13.1 Å². The van der Waals surface area contributed by atoms with Gasteiger partial charge in [-0.05, 0) is 35.4 Å². The molecule has 1 aliphatic rings. The lowest BCUT2D eigenvalue weighted by molar-refractivity contribution is 0.166. The second-order valence-corrected chi connectivity index (χ2v) is 6.84. The van der Waals surface area contributed by atoms with Gasteiger partial charge in [0.15, 0.2) is 0 Å². The molecule has 2 aromatic rings. The Morgan fingerprint density at radius 3 is 1.90 bits per heavy atom. The Morgan fingerprint density at radius 1 is 0.857 bits per heavy atom. The van der Waals surface area contributed by atoms with Crippen molar-refractivity contribution >= 4 is 0 Å². The molecule has 0 bridgehead atoms. The Balaban J connectivity index is 1.72. The minimum absolute atomic E-state index is 0.403. The van der Waals surface area contributed by atoms with Crippen LogP contribution < -0.4 is 5.32 Å². The van der Waals surface area contributed by atoms with Gasteiger partial charge in [0.1, 0.15) is 0 Å². The van der Waals surface area contributed by atoms with Crippen molar-refractivity contribution < 1.29 is 0 Å². The first-order chi connectivity index (χ1) is 10.2. The highest BCUT2D eigenvalue weighted by atomic mass is 15.0. The van der Waals surface area contributed by atoms with Crippen LogP contribution in [0.4, 0.5) is 0 Å². The minimum atomic E-state index is 0.403. The predicted octanol–water partition coefficient (Wildman–Crippen LogP) is 4.18. The third kappa shape index (κ3) is 3.36. The summed E-state index contributed by atoms with van der Waals surface area (Å²) in [6.07, 6.45) is 2.35. The standard InChI is InChI=1S/C20H25N/c1-16(2)19-10-8-18(9-11-19)13-20(14-21-15-20)12-17-6-4-3-5-7-17/h3-11,16,21H,12-15H2,1-2H3. The smallest absolute Gasteiger partial charge is 0.00331 e. The molecule has 0 unspecified atom stereocenters. The first-order valence-corrected chi connectivity index (χ1v) is 8.00. The molecule has 1 heteroatoms. The maximum absolute atomic E-state index is 3.47. The van der Waals surface area contributed by atoms with E-state index in [4.69, 9.17) is 0 Å². The highest BCUT2D eigenvalue weighted by molar-refractivity contribution is 5.27.